The summed E-state index contributed by atoms with van der Waals surface area (Å²) in [5, 5.41) is 2.53. The van der Waals surface area contributed by atoms with Gasteiger partial charge < -0.3 is 34.1 Å². The minimum Gasteiger partial charge on any atom is -0.463 e. The fraction of sp³-hybridized carbons (Fsp3) is 0.514. The normalized spacial score (nSPS) is 21.3. The third-order valence-electron chi connectivity index (χ3n) is 10.6. The molecular formula is C37H46N8O2. The van der Waals surface area contributed by atoms with Crippen LogP contribution in [0.1, 0.15) is 29.7 Å². The lowest BCUT2D eigenvalue weighted by Crippen LogP contribution is -2.56. The number of rotatable bonds is 9. The van der Waals surface area contributed by atoms with Crippen LogP contribution < -0.4 is 14.5 Å². The van der Waals surface area contributed by atoms with Gasteiger partial charge in [-0.3, -0.25) is 4.79 Å². The molecule has 47 heavy (non-hydrogen) atoms. The van der Waals surface area contributed by atoms with Crippen molar-refractivity contribution in [3.05, 3.63) is 77.3 Å². The van der Waals surface area contributed by atoms with Gasteiger partial charge in [0.05, 0.1) is 18.8 Å². The van der Waals surface area contributed by atoms with Crippen molar-refractivity contribution in [2.24, 2.45) is 5.41 Å². The molecule has 3 aliphatic heterocycles. The molecule has 10 heteroatoms. The van der Waals surface area contributed by atoms with E-state index in [1.54, 1.807) is 4.90 Å². The maximum Gasteiger partial charge on any atom is 0.318 e. The lowest BCUT2D eigenvalue weighted by molar-refractivity contribution is -0.128. The molecule has 0 bridgehead atoms. The van der Waals surface area contributed by atoms with Crippen molar-refractivity contribution in [1.29, 1.82) is 0 Å². The Morgan fingerprint density at radius 2 is 1.85 bits per heavy atom. The zero-order valence-corrected chi connectivity index (χ0v) is 27.8. The Morgan fingerprint density at radius 3 is 2.60 bits per heavy atom. The number of nitrogens with zero attached hydrogens (tertiary/aromatic N) is 8. The van der Waals surface area contributed by atoms with Crippen LogP contribution in [0.3, 0.4) is 0 Å². The summed E-state index contributed by atoms with van der Waals surface area (Å²) < 4.78 is 6.54. The Kier molecular flexibility index (Phi) is 8.77. The molecule has 4 heterocycles. The Balaban J connectivity index is 1.18. The summed E-state index contributed by atoms with van der Waals surface area (Å²) in [7, 11) is 2.20. The highest BCUT2D eigenvalue weighted by atomic mass is 16.5. The Bertz CT molecular complexity index is 1680. The van der Waals surface area contributed by atoms with Crippen LogP contribution in [-0.4, -0.2) is 116 Å². The number of likely N-dealkylation sites (N-methyl/N-ethyl adjacent to an activating group) is 1. The number of fused-ring (bicyclic) bond motifs is 2. The summed E-state index contributed by atoms with van der Waals surface area (Å²) in [5.41, 5.74) is 4.81. The van der Waals surface area contributed by atoms with E-state index < -0.39 is 0 Å². The maximum atomic E-state index is 12.6. The first-order chi connectivity index (χ1) is 22.9. The molecule has 7 rings (SSSR count). The number of ether oxygens (including phenoxy) is 1. The molecule has 1 unspecified atom stereocenters. The van der Waals surface area contributed by atoms with Gasteiger partial charge in [-0.25, -0.2) is 6.57 Å². The molecule has 4 aliphatic rings. The number of benzene rings is 2. The predicted molar refractivity (Wildman–Crippen MR) is 186 cm³/mol. The van der Waals surface area contributed by atoms with E-state index in [0.29, 0.717) is 38.8 Å². The average Bonchev–Trinajstić information content (AvgIpc) is 3.86. The number of hydrogen-bond acceptors (Lipinski definition) is 8. The van der Waals surface area contributed by atoms with Crippen molar-refractivity contribution in [2.45, 2.75) is 38.8 Å². The van der Waals surface area contributed by atoms with Gasteiger partial charge in [-0.05, 0) is 56.3 Å². The van der Waals surface area contributed by atoms with Crippen LogP contribution in [0.4, 0.5) is 11.5 Å². The molecule has 0 radical (unpaired) electrons. The van der Waals surface area contributed by atoms with Gasteiger partial charge in [-0.1, -0.05) is 36.9 Å². The van der Waals surface area contributed by atoms with Crippen LogP contribution in [0.25, 0.3) is 15.6 Å². The van der Waals surface area contributed by atoms with Gasteiger partial charge in [0.2, 0.25) is 12.5 Å². The lowest BCUT2D eigenvalue weighted by Gasteiger charge is -2.41. The fourth-order valence-electron chi connectivity index (χ4n) is 7.63. The molecule has 2 aromatic carbocycles. The van der Waals surface area contributed by atoms with Crippen LogP contribution in [0.2, 0.25) is 0 Å². The molecule has 10 nitrogen and oxygen atoms in total. The van der Waals surface area contributed by atoms with Gasteiger partial charge in [0.25, 0.3) is 0 Å². The molecule has 2 saturated heterocycles. The van der Waals surface area contributed by atoms with Gasteiger partial charge >= 0.3 is 6.01 Å². The van der Waals surface area contributed by atoms with E-state index in [0.717, 1.165) is 62.8 Å². The Labute approximate surface area is 278 Å². The van der Waals surface area contributed by atoms with E-state index in [-0.39, 0.29) is 23.9 Å². The monoisotopic (exact) mass is 634 g/mol. The number of aryl methyl sites for hydroxylation is 1. The molecule has 1 aliphatic carbocycles. The molecule has 0 N–H and O–H groups in total. The van der Waals surface area contributed by atoms with Crippen LogP contribution in [-0.2, 0) is 17.8 Å². The van der Waals surface area contributed by atoms with E-state index in [4.69, 9.17) is 21.3 Å². The average molecular weight is 635 g/mol. The highest BCUT2D eigenvalue weighted by molar-refractivity contribution is 5.97. The van der Waals surface area contributed by atoms with E-state index in [1.807, 2.05) is 0 Å². The second-order valence-corrected chi connectivity index (χ2v) is 13.9. The predicted octanol–water partition coefficient (Wildman–Crippen LogP) is 4.03. The Hall–Kier alpha value is -4.20. The number of carbonyl (C=O) groups is 1. The standard InChI is InChI=1S/C37H46N8O2/c1-5-33(46)45-21-20-44(23-29(45)22-38-3)35-30-12-15-43(32-11-7-10-28-9-6-8-27(2)34(28)32)24-31(30)39-36(40-35)47-26-37(13-14-37)25-42-18-16-41(4)17-19-42/h5-11,29H,1,12-26H2,2,4H3. The van der Waals surface area contributed by atoms with Crippen molar-refractivity contribution >= 4 is 28.2 Å². The van der Waals surface area contributed by atoms with Gasteiger partial charge in [-0.15, -0.1) is 0 Å². The van der Waals surface area contributed by atoms with Gasteiger partial charge in [0, 0.05) is 81.0 Å². The molecule has 1 amide bonds. The van der Waals surface area contributed by atoms with E-state index in [9.17, 15) is 4.79 Å². The molecule has 3 fully saturated rings. The summed E-state index contributed by atoms with van der Waals surface area (Å²) in [6.45, 7) is 23.0. The number of hydrogen-bond donors (Lipinski definition) is 0. The van der Waals surface area contributed by atoms with Crippen LogP contribution >= 0.6 is 0 Å². The molecule has 1 aromatic heterocycles. The van der Waals surface area contributed by atoms with Gasteiger partial charge in [0.15, 0.2) is 0 Å². The number of amides is 1. The highest BCUT2D eigenvalue weighted by Crippen LogP contribution is 2.47. The largest absolute Gasteiger partial charge is 0.463 e. The summed E-state index contributed by atoms with van der Waals surface area (Å²) in [5.74, 6) is 0.770. The van der Waals surface area contributed by atoms with E-state index in [2.05, 4.69) is 81.4 Å². The molecule has 1 saturated carbocycles. The smallest absolute Gasteiger partial charge is 0.318 e. The summed E-state index contributed by atoms with van der Waals surface area (Å²) >= 11 is 0. The van der Waals surface area contributed by atoms with Crippen LogP contribution in [0, 0.1) is 18.9 Å². The zero-order chi connectivity index (χ0) is 32.5. The third-order valence-corrected chi connectivity index (χ3v) is 10.6. The van der Waals surface area contributed by atoms with Gasteiger partial charge in [0.1, 0.15) is 11.9 Å². The topological polar surface area (TPSA) is 72.6 Å². The number of piperazine rings is 2. The van der Waals surface area contributed by atoms with Gasteiger partial charge in [-0.2, -0.15) is 9.97 Å². The second kappa shape index (κ2) is 13.1. The first kappa shape index (κ1) is 31.4. The summed E-state index contributed by atoms with van der Waals surface area (Å²) in [4.78, 5) is 38.0. The van der Waals surface area contributed by atoms with Crippen LogP contribution in [0.15, 0.2) is 49.1 Å². The quantitative estimate of drug-likeness (QED) is 0.258. The summed E-state index contributed by atoms with van der Waals surface area (Å²) in [6, 6.07) is 13.2. The van der Waals surface area contributed by atoms with Crippen molar-refractivity contribution in [1.82, 2.24) is 24.7 Å². The van der Waals surface area contributed by atoms with Crippen molar-refractivity contribution in [2.75, 3.05) is 88.9 Å². The second-order valence-electron chi connectivity index (χ2n) is 13.9. The fourth-order valence-corrected chi connectivity index (χ4v) is 7.63. The van der Waals surface area contributed by atoms with Crippen molar-refractivity contribution < 1.29 is 9.53 Å². The van der Waals surface area contributed by atoms with E-state index >= 15 is 0 Å². The minimum absolute atomic E-state index is 0.122. The maximum absolute atomic E-state index is 12.6. The third kappa shape index (κ3) is 6.52. The number of anilines is 2. The molecule has 1 atom stereocenters. The first-order valence-electron chi connectivity index (χ1n) is 17.0. The van der Waals surface area contributed by atoms with E-state index in [1.165, 1.54) is 40.9 Å². The highest BCUT2D eigenvalue weighted by Gasteiger charge is 2.45. The minimum atomic E-state index is -0.223. The Morgan fingerprint density at radius 1 is 1.06 bits per heavy atom. The zero-order valence-electron chi connectivity index (χ0n) is 27.8. The SMILES string of the molecule is [C-]#[N+]CC1CN(c2nc(OCC3(CN4CCN(C)CC4)CC3)nc3c2CCN(c2cccc4cccc(C)c24)C3)CCN1C(=O)C=C. The number of aromatic nitrogens is 2. The molecular weight excluding hydrogens is 588 g/mol. The van der Waals surface area contributed by atoms with Crippen LogP contribution in [0.5, 0.6) is 6.01 Å². The molecule has 0 spiro atoms. The van der Waals surface area contributed by atoms with Crippen molar-refractivity contribution in [3.63, 3.8) is 0 Å². The first-order valence-corrected chi connectivity index (χ1v) is 17.0. The van der Waals surface area contributed by atoms with Crippen molar-refractivity contribution in [3.8, 4) is 6.01 Å². The lowest BCUT2D eigenvalue weighted by atomic mass is 9.99. The summed E-state index contributed by atoms with van der Waals surface area (Å²) in [6.07, 6.45) is 4.50. The molecule has 246 valence electrons. The molecule has 3 aromatic rings. The number of carbonyl (C=O) groups excluding carboxylic acids is 1.